The summed E-state index contributed by atoms with van der Waals surface area (Å²) < 4.78 is 16.0. The van der Waals surface area contributed by atoms with Gasteiger partial charge in [-0.25, -0.2) is 4.79 Å². The molecular formula is C18H25NO6. The van der Waals surface area contributed by atoms with Gasteiger partial charge in [0.25, 0.3) is 5.69 Å². The van der Waals surface area contributed by atoms with Gasteiger partial charge in [0.15, 0.2) is 5.60 Å². The van der Waals surface area contributed by atoms with Crippen LogP contribution in [0.5, 0.6) is 0 Å². The molecule has 0 aromatic heterocycles. The van der Waals surface area contributed by atoms with Crippen LogP contribution in [-0.2, 0) is 25.4 Å². The van der Waals surface area contributed by atoms with Crippen LogP contribution in [-0.4, -0.2) is 42.9 Å². The van der Waals surface area contributed by atoms with E-state index in [1.165, 1.54) is 12.1 Å². The van der Waals surface area contributed by atoms with Crippen molar-refractivity contribution in [1.29, 1.82) is 0 Å². The largest absolute Gasteiger partial charge is 0.463 e. The third kappa shape index (κ3) is 6.10. The Morgan fingerprint density at radius 1 is 1.24 bits per heavy atom. The third-order valence-electron chi connectivity index (χ3n) is 4.07. The maximum atomic E-state index is 11.8. The zero-order valence-electron chi connectivity index (χ0n) is 14.6. The lowest BCUT2D eigenvalue weighted by atomic mass is 10.1. The number of aryl methyl sites for hydroxylation is 1. The van der Waals surface area contributed by atoms with E-state index >= 15 is 0 Å². The summed E-state index contributed by atoms with van der Waals surface area (Å²) in [6.07, 6.45) is 3.84. The third-order valence-corrected chi connectivity index (χ3v) is 4.07. The second-order valence-corrected chi connectivity index (χ2v) is 6.16. The molecule has 0 saturated carbocycles. The molecule has 25 heavy (non-hydrogen) atoms. The molecule has 1 saturated heterocycles. The number of non-ortho nitro benzene ring substituents is 1. The van der Waals surface area contributed by atoms with Crippen molar-refractivity contribution >= 4 is 11.7 Å². The van der Waals surface area contributed by atoms with Crippen LogP contribution in [0.3, 0.4) is 0 Å². The topological polar surface area (TPSA) is 91.2 Å². The summed E-state index contributed by atoms with van der Waals surface area (Å²) in [5.41, 5.74) is 0.434. The second kappa shape index (κ2) is 9.48. The molecule has 1 aromatic rings. The van der Waals surface area contributed by atoms with Gasteiger partial charge in [0.2, 0.25) is 0 Å². The Balaban J connectivity index is 1.53. The lowest BCUT2D eigenvalue weighted by Gasteiger charge is -2.11. The van der Waals surface area contributed by atoms with Gasteiger partial charge in [0.05, 0.1) is 18.1 Å². The number of carbonyl (C=O) groups excluding carboxylic acids is 1. The van der Waals surface area contributed by atoms with Crippen LogP contribution >= 0.6 is 0 Å². The summed E-state index contributed by atoms with van der Waals surface area (Å²) in [5.74, 6) is -0.257. The van der Waals surface area contributed by atoms with Gasteiger partial charge in [0.1, 0.15) is 0 Å². The number of nitro groups is 1. The molecule has 1 fully saturated rings. The molecule has 1 aliphatic rings. The number of nitro benzene ring substituents is 1. The van der Waals surface area contributed by atoms with Gasteiger partial charge in [-0.1, -0.05) is 19.1 Å². The van der Waals surface area contributed by atoms with Crippen molar-refractivity contribution in [2.24, 2.45) is 0 Å². The summed E-state index contributed by atoms with van der Waals surface area (Å²) in [4.78, 5) is 22.0. The summed E-state index contributed by atoms with van der Waals surface area (Å²) in [6.45, 7) is 4.02. The monoisotopic (exact) mass is 351 g/mol. The van der Waals surface area contributed by atoms with Crippen LogP contribution in [0, 0.1) is 10.1 Å². The Labute approximate surface area is 147 Å². The summed E-state index contributed by atoms with van der Waals surface area (Å²) >= 11 is 0. The molecule has 7 heteroatoms. The molecule has 0 N–H and O–H groups in total. The van der Waals surface area contributed by atoms with Crippen molar-refractivity contribution in [2.75, 3.05) is 26.4 Å². The number of nitrogens with zero attached hydrogens (tertiary/aromatic N) is 1. The molecular weight excluding hydrogens is 326 g/mol. The van der Waals surface area contributed by atoms with E-state index < -0.39 is 10.5 Å². The Morgan fingerprint density at radius 2 is 1.92 bits per heavy atom. The molecule has 0 aliphatic carbocycles. The van der Waals surface area contributed by atoms with E-state index in [0.717, 1.165) is 31.2 Å². The van der Waals surface area contributed by atoms with Crippen molar-refractivity contribution in [1.82, 2.24) is 0 Å². The molecule has 1 atom stereocenters. The zero-order chi connectivity index (χ0) is 18.1. The minimum Gasteiger partial charge on any atom is -0.463 e. The Kier molecular flexibility index (Phi) is 7.33. The number of benzene rings is 1. The highest BCUT2D eigenvalue weighted by molar-refractivity contribution is 5.82. The van der Waals surface area contributed by atoms with Gasteiger partial charge in [-0.05, 0) is 37.7 Å². The van der Waals surface area contributed by atoms with E-state index in [0.29, 0.717) is 32.8 Å². The summed E-state index contributed by atoms with van der Waals surface area (Å²) in [7, 11) is 0. The molecule has 1 unspecified atom stereocenters. The number of carbonyl (C=O) groups is 1. The highest BCUT2D eigenvalue weighted by Gasteiger charge is 2.53. The quantitative estimate of drug-likeness (QED) is 0.189. The number of hydrogen-bond donors (Lipinski definition) is 0. The first-order valence-corrected chi connectivity index (χ1v) is 8.69. The normalized spacial score (nSPS) is 18.8. The minimum absolute atomic E-state index is 0.105. The van der Waals surface area contributed by atoms with Gasteiger partial charge in [-0.15, -0.1) is 0 Å². The van der Waals surface area contributed by atoms with Crippen molar-refractivity contribution in [3.05, 3.63) is 39.9 Å². The van der Waals surface area contributed by atoms with Crippen molar-refractivity contribution in [3.63, 3.8) is 0 Å². The van der Waals surface area contributed by atoms with Crippen LogP contribution in [0.1, 0.15) is 38.2 Å². The van der Waals surface area contributed by atoms with Gasteiger partial charge in [0, 0.05) is 25.3 Å². The van der Waals surface area contributed by atoms with Gasteiger partial charge < -0.3 is 14.2 Å². The van der Waals surface area contributed by atoms with E-state index in [2.05, 4.69) is 0 Å². The first kappa shape index (κ1) is 19.3. The van der Waals surface area contributed by atoms with Crippen LogP contribution in [0.15, 0.2) is 24.3 Å². The fourth-order valence-electron chi connectivity index (χ4n) is 2.50. The van der Waals surface area contributed by atoms with Gasteiger partial charge in [-0.3, -0.25) is 10.1 Å². The Morgan fingerprint density at radius 3 is 2.52 bits per heavy atom. The first-order chi connectivity index (χ1) is 12.1. The van der Waals surface area contributed by atoms with Crippen molar-refractivity contribution in [3.8, 4) is 0 Å². The summed E-state index contributed by atoms with van der Waals surface area (Å²) in [6, 6.07) is 6.58. The first-order valence-electron chi connectivity index (χ1n) is 8.69. The molecule has 2 rings (SSSR count). The zero-order valence-corrected chi connectivity index (χ0v) is 14.6. The van der Waals surface area contributed by atoms with E-state index in [9.17, 15) is 14.9 Å². The molecule has 0 radical (unpaired) electrons. The van der Waals surface area contributed by atoms with E-state index in [-0.39, 0.29) is 11.7 Å². The molecule has 7 nitrogen and oxygen atoms in total. The number of hydrogen-bond acceptors (Lipinski definition) is 6. The highest BCUT2D eigenvalue weighted by Crippen LogP contribution is 2.33. The molecule has 138 valence electrons. The Bertz CT molecular complexity index is 567. The smallest absolute Gasteiger partial charge is 0.340 e. The second-order valence-electron chi connectivity index (χ2n) is 6.16. The molecule has 1 aliphatic heterocycles. The lowest BCUT2D eigenvalue weighted by molar-refractivity contribution is -0.384. The summed E-state index contributed by atoms with van der Waals surface area (Å²) in [5, 5.41) is 10.6. The maximum absolute atomic E-state index is 11.8. The van der Waals surface area contributed by atoms with Crippen LogP contribution in [0.25, 0.3) is 0 Å². The molecule has 0 amide bonds. The fourth-order valence-corrected chi connectivity index (χ4v) is 2.50. The number of epoxide rings is 1. The maximum Gasteiger partial charge on any atom is 0.340 e. The highest BCUT2D eigenvalue weighted by atomic mass is 16.6. The molecule has 1 aromatic carbocycles. The molecule has 0 bridgehead atoms. The fraction of sp³-hybridized carbons (Fsp3) is 0.611. The van der Waals surface area contributed by atoms with Crippen molar-refractivity contribution in [2.45, 2.75) is 44.6 Å². The van der Waals surface area contributed by atoms with Crippen LogP contribution in [0.2, 0.25) is 0 Å². The van der Waals surface area contributed by atoms with E-state index in [4.69, 9.17) is 14.2 Å². The molecule has 1 heterocycles. The standard InChI is InChI=1S/C18H25NO6/c1-2-11-24-17(20)18(14-25-18)10-4-13-23-12-3-5-15-6-8-16(9-7-15)19(21)22/h6-9H,2-5,10-14H2,1H3. The van der Waals surface area contributed by atoms with E-state index in [1.54, 1.807) is 12.1 Å². The predicted molar refractivity (Wildman–Crippen MR) is 91.4 cm³/mol. The molecule has 0 spiro atoms. The average Bonchev–Trinajstić information content (AvgIpc) is 3.40. The van der Waals surface area contributed by atoms with Gasteiger partial charge >= 0.3 is 5.97 Å². The van der Waals surface area contributed by atoms with E-state index in [1.807, 2.05) is 6.92 Å². The minimum atomic E-state index is -0.725. The Hall–Kier alpha value is -1.99. The lowest BCUT2D eigenvalue weighted by Crippen LogP contribution is -2.27. The number of ether oxygens (including phenoxy) is 3. The SMILES string of the molecule is CCCOC(=O)C1(CCCOCCCc2ccc([N+](=O)[O-])cc2)CO1. The van der Waals surface area contributed by atoms with Crippen LogP contribution in [0.4, 0.5) is 5.69 Å². The van der Waals surface area contributed by atoms with Gasteiger partial charge in [-0.2, -0.15) is 0 Å². The predicted octanol–water partition coefficient (Wildman–Crippen LogP) is 3.05. The average molecular weight is 351 g/mol. The number of rotatable bonds is 12. The number of esters is 1. The van der Waals surface area contributed by atoms with Crippen LogP contribution < -0.4 is 0 Å². The van der Waals surface area contributed by atoms with Crippen molar-refractivity contribution < 1.29 is 23.9 Å².